The maximum Gasteiger partial charge on any atom is 0.246 e. The highest BCUT2D eigenvalue weighted by Crippen LogP contribution is 2.14. The number of carbonyl (C=O) groups excluding carboxylic acids is 1. The summed E-state index contributed by atoms with van der Waals surface area (Å²) in [7, 11) is 0. The molecule has 0 bridgehead atoms. The summed E-state index contributed by atoms with van der Waals surface area (Å²) in [4.78, 5) is 13.7. The van der Waals surface area contributed by atoms with Crippen LogP contribution in [0.4, 0.5) is 0 Å². The molecule has 1 atom stereocenters. The fourth-order valence-corrected chi connectivity index (χ4v) is 2.43. The van der Waals surface area contributed by atoms with Crippen LogP contribution in [0.3, 0.4) is 0 Å². The normalized spacial score (nSPS) is 19.9. The number of benzene rings is 1. The number of rotatable bonds is 2. The summed E-state index contributed by atoms with van der Waals surface area (Å²) in [5.74, 6) is -0.0151. The number of carbonyl (C=O) groups is 1. The van der Waals surface area contributed by atoms with E-state index < -0.39 is 0 Å². The predicted octanol–water partition coefficient (Wildman–Crippen LogP) is 2.30. The fourth-order valence-electron chi connectivity index (χ4n) is 2.43. The Morgan fingerprint density at radius 3 is 2.89 bits per heavy atom. The smallest absolute Gasteiger partial charge is 0.246 e. The number of hydrogen-bond acceptors (Lipinski definition) is 2. The van der Waals surface area contributed by atoms with Crippen LogP contribution in [0.15, 0.2) is 24.3 Å². The molecule has 1 N–H and O–H groups in total. The van der Waals surface area contributed by atoms with Crippen molar-refractivity contribution < 1.29 is 9.90 Å². The summed E-state index contributed by atoms with van der Waals surface area (Å²) < 4.78 is 0. The van der Waals surface area contributed by atoms with Crippen LogP contribution in [-0.4, -0.2) is 35.1 Å². The minimum Gasteiger partial charge on any atom is -0.391 e. The number of hydrogen-bond donors (Lipinski definition) is 1. The van der Waals surface area contributed by atoms with E-state index in [9.17, 15) is 9.90 Å². The molecule has 0 saturated carbocycles. The molecule has 1 aliphatic rings. The predicted molar refractivity (Wildman–Crippen MR) is 76.8 cm³/mol. The molecule has 1 amide bonds. The van der Waals surface area contributed by atoms with Crippen molar-refractivity contribution in [2.75, 3.05) is 13.1 Å². The second kappa shape index (κ2) is 6.02. The van der Waals surface area contributed by atoms with E-state index in [2.05, 4.69) is 13.0 Å². The summed E-state index contributed by atoms with van der Waals surface area (Å²) in [5, 5.41) is 9.57. The largest absolute Gasteiger partial charge is 0.391 e. The van der Waals surface area contributed by atoms with Crippen LogP contribution in [0.2, 0.25) is 0 Å². The zero-order chi connectivity index (χ0) is 13.8. The van der Waals surface area contributed by atoms with Gasteiger partial charge in [-0.15, -0.1) is 0 Å². The highest BCUT2D eigenvalue weighted by atomic mass is 16.3. The number of aliphatic hydroxyl groups excluding tert-OH is 1. The Morgan fingerprint density at radius 2 is 2.21 bits per heavy atom. The van der Waals surface area contributed by atoms with E-state index >= 15 is 0 Å². The van der Waals surface area contributed by atoms with Crippen molar-refractivity contribution in [2.45, 2.75) is 32.8 Å². The van der Waals surface area contributed by atoms with Gasteiger partial charge in [0.25, 0.3) is 0 Å². The molecule has 102 valence electrons. The van der Waals surface area contributed by atoms with E-state index in [-0.39, 0.29) is 12.0 Å². The van der Waals surface area contributed by atoms with Gasteiger partial charge in [-0.2, -0.15) is 0 Å². The van der Waals surface area contributed by atoms with Crippen molar-refractivity contribution in [1.29, 1.82) is 0 Å². The van der Waals surface area contributed by atoms with E-state index in [4.69, 9.17) is 0 Å². The Labute approximate surface area is 114 Å². The van der Waals surface area contributed by atoms with Crippen LogP contribution in [0.25, 0.3) is 6.08 Å². The number of aliphatic hydroxyl groups is 1. The Kier molecular flexibility index (Phi) is 4.38. The first-order valence-corrected chi connectivity index (χ1v) is 6.78. The average molecular weight is 259 g/mol. The lowest BCUT2D eigenvalue weighted by Gasteiger charge is -2.29. The lowest BCUT2D eigenvalue weighted by molar-refractivity contribution is -0.128. The van der Waals surface area contributed by atoms with Crippen molar-refractivity contribution in [3.05, 3.63) is 41.0 Å². The molecule has 19 heavy (non-hydrogen) atoms. The first kappa shape index (κ1) is 13.8. The molecule has 0 aromatic heterocycles. The standard InChI is InChI=1S/C16H21NO2/c1-12-5-6-14(13(2)10-12)7-8-16(19)17-9-3-4-15(18)11-17/h5-8,10,15,18H,3-4,9,11H2,1-2H3/b8-7+/t15-/m0/s1. The second-order valence-corrected chi connectivity index (χ2v) is 5.27. The summed E-state index contributed by atoms with van der Waals surface area (Å²) in [6.45, 7) is 5.30. The van der Waals surface area contributed by atoms with Gasteiger partial charge >= 0.3 is 0 Å². The number of nitrogens with zero attached hydrogens (tertiary/aromatic N) is 1. The van der Waals surface area contributed by atoms with Crippen molar-refractivity contribution in [2.24, 2.45) is 0 Å². The molecule has 1 aliphatic heterocycles. The third-order valence-corrected chi connectivity index (χ3v) is 3.54. The first-order valence-electron chi connectivity index (χ1n) is 6.78. The fraction of sp³-hybridized carbons (Fsp3) is 0.438. The van der Waals surface area contributed by atoms with Crippen LogP contribution in [0, 0.1) is 13.8 Å². The molecule has 0 unspecified atom stereocenters. The van der Waals surface area contributed by atoms with Crippen LogP contribution in [-0.2, 0) is 4.79 Å². The Morgan fingerprint density at radius 1 is 1.42 bits per heavy atom. The summed E-state index contributed by atoms with van der Waals surface area (Å²) in [6, 6.07) is 6.18. The van der Waals surface area contributed by atoms with Crippen LogP contribution < -0.4 is 0 Å². The van der Waals surface area contributed by atoms with E-state index in [0.29, 0.717) is 6.54 Å². The third-order valence-electron chi connectivity index (χ3n) is 3.54. The van der Waals surface area contributed by atoms with Crippen molar-refractivity contribution in [3.63, 3.8) is 0 Å². The van der Waals surface area contributed by atoms with E-state index in [0.717, 1.165) is 24.9 Å². The third kappa shape index (κ3) is 3.67. The van der Waals surface area contributed by atoms with Crippen molar-refractivity contribution in [1.82, 2.24) is 4.90 Å². The van der Waals surface area contributed by atoms with E-state index in [1.165, 1.54) is 11.1 Å². The lowest BCUT2D eigenvalue weighted by Crippen LogP contribution is -2.41. The Bertz CT molecular complexity index is 494. The molecule has 0 radical (unpaired) electrons. The monoisotopic (exact) mass is 259 g/mol. The second-order valence-electron chi connectivity index (χ2n) is 5.27. The Hall–Kier alpha value is -1.61. The van der Waals surface area contributed by atoms with Gasteiger partial charge in [0.15, 0.2) is 0 Å². The zero-order valence-electron chi connectivity index (χ0n) is 11.6. The summed E-state index contributed by atoms with van der Waals surface area (Å²) in [6.07, 6.45) is 4.77. The summed E-state index contributed by atoms with van der Waals surface area (Å²) >= 11 is 0. The summed E-state index contributed by atoms with van der Waals surface area (Å²) in [5.41, 5.74) is 3.46. The van der Waals surface area contributed by atoms with Crippen LogP contribution in [0.1, 0.15) is 29.5 Å². The molecule has 1 fully saturated rings. The maximum absolute atomic E-state index is 12.0. The van der Waals surface area contributed by atoms with Gasteiger partial charge in [0.1, 0.15) is 0 Å². The van der Waals surface area contributed by atoms with Crippen molar-refractivity contribution in [3.8, 4) is 0 Å². The molecule has 1 saturated heterocycles. The highest BCUT2D eigenvalue weighted by Gasteiger charge is 2.20. The van der Waals surface area contributed by atoms with Gasteiger partial charge in [-0.1, -0.05) is 23.8 Å². The Balaban J connectivity index is 2.03. The molecular weight excluding hydrogens is 238 g/mol. The van der Waals surface area contributed by atoms with Crippen LogP contribution in [0.5, 0.6) is 0 Å². The average Bonchev–Trinajstić information content (AvgIpc) is 2.37. The number of aryl methyl sites for hydroxylation is 2. The van der Waals surface area contributed by atoms with Gasteiger partial charge in [-0.25, -0.2) is 0 Å². The van der Waals surface area contributed by atoms with Gasteiger partial charge < -0.3 is 10.0 Å². The van der Waals surface area contributed by atoms with Gasteiger partial charge in [0, 0.05) is 19.2 Å². The van der Waals surface area contributed by atoms with Gasteiger partial charge in [-0.3, -0.25) is 4.79 Å². The molecule has 3 nitrogen and oxygen atoms in total. The molecule has 1 heterocycles. The van der Waals surface area contributed by atoms with Gasteiger partial charge in [-0.05, 0) is 43.9 Å². The SMILES string of the molecule is Cc1ccc(/C=C/C(=O)N2CCC[C@H](O)C2)c(C)c1. The molecule has 2 rings (SSSR count). The quantitative estimate of drug-likeness (QED) is 0.828. The number of piperidine rings is 1. The number of amides is 1. The van der Waals surface area contributed by atoms with Gasteiger partial charge in [0.2, 0.25) is 5.91 Å². The topological polar surface area (TPSA) is 40.5 Å². The first-order chi connectivity index (χ1) is 9.06. The van der Waals surface area contributed by atoms with E-state index in [1.54, 1.807) is 11.0 Å². The molecule has 1 aromatic rings. The maximum atomic E-state index is 12.0. The van der Waals surface area contributed by atoms with E-state index in [1.807, 2.05) is 25.1 Å². The molecule has 0 spiro atoms. The highest BCUT2D eigenvalue weighted by molar-refractivity contribution is 5.92. The lowest BCUT2D eigenvalue weighted by atomic mass is 10.0. The minimum absolute atomic E-state index is 0.0151. The molecule has 3 heteroatoms. The van der Waals surface area contributed by atoms with Crippen LogP contribution >= 0.6 is 0 Å². The van der Waals surface area contributed by atoms with Crippen molar-refractivity contribution >= 4 is 12.0 Å². The van der Waals surface area contributed by atoms with Gasteiger partial charge in [0.05, 0.1) is 6.10 Å². The zero-order valence-corrected chi connectivity index (χ0v) is 11.6. The molecule has 0 aliphatic carbocycles. The number of β-amino-alcohol motifs (C(OH)–C–C–N with tert-alkyl or cyclic N) is 1. The minimum atomic E-state index is -0.368. The molecular formula is C16H21NO2. The molecule has 1 aromatic carbocycles. The number of likely N-dealkylation sites (tertiary alicyclic amines) is 1.